The van der Waals surface area contributed by atoms with Crippen LogP contribution >= 0.6 is 0 Å². The molecule has 2 N–H and O–H groups in total. The summed E-state index contributed by atoms with van der Waals surface area (Å²) in [5.41, 5.74) is 2.59. The molecule has 1 saturated heterocycles. The molecule has 2 heterocycles. The van der Waals surface area contributed by atoms with Gasteiger partial charge in [-0.15, -0.1) is 0 Å². The van der Waals surface area contributed by atoms with Crippen LogP contribution in [0.4, 0.5) is 11.4 Å². The summed E-state index contributed by atoms with van der Waals surface area (Å²) in [6, 6.07) is 6.32. The molecule has 0 spiro atoms. The van der Waals surface area contributed by atoms with Crippen molar-refractivity contribution in [2.75, 3.05) is 36.0 Å². The van der Waals surface area contributed by atoms with Crippen molar-refractivity contribution in [2.24, 2.45) is 0 Å². The van der Waals surface area contributed by atoms with E-state index in [2.05, 4.69) is 29.0 Å². The van der Waals surface area contributed by atoms with Crippen molar-refractivity contribution >= 4 is 17.3 Å². The molecule has 0 saturated carbocycles. The number of piperazine rings is 1. The zero-order valence-electron chi connectivity index (χ0n) is 12.0. The lowest BCUT2D eigenvalue weighted by atomic mass is 10.0. The van der Waals surface area contributed by atoms with Gasteiger partial charge in [0.15, 0.2) is 0 Å². The van der Waals surface area contributed by atoms with Gasteiger partial charge in [-0.25, -0.2) is 4.79 Å². The number of carbonyl (C=O) groups is 1. The lowest BCUT2D eigenvalue weighted by molar-refractivity contribution is 0.0697. The number of aromatic carboxylic acids is 1. The Bertz CT molecular complexity index is 530. The number of carboxylic acid groups (broad SMARTS) is 1. The highest BCUT2D eigenvalue weighted by atomic mass is 16.4. The Kier molecular flexibility index (Phi) is 3.30. The monoisotopic (exact) mass is 275 g/mol. The summed E-state index contributed by atoms with van der Waals surface area (Å²) in [4.78, 5) is 15.9. The molecule has 0 bridgehead atoms. The molecular formula is C15H21N3O2. The zero-order valence-corrected chi connectivity index (χ0v) is 12.0. The third-order valence-corrected chi connectivity index (χ3v) is 4.22. The van der Waals surface area contributed by atoms with Crippen molar-refractivity contribution < 1.29 is 9.90 Å². The fourth-order valence-electron chi connectivity index (χ4n) is 3.18. The number of hydrogen-bond donors (Lipinski definition) is 2. The maximum absolute atomic E-state index is 11.2. The Morgan fingerprint density at radius 2 is 2.20 bits per heavy atom. The van der Waals surface area contributed by atoms with E-state index in [1.807, 2.05) is 12.1 Å². The van der Waals surface area contributed by atoms with Crippen LogP contribution in [0.25, 0.3) is 0 Å². The van der Waals surface area contributed by atoms with E-state index in [1.54, 1.807) is 6.07 Å². The first kappa shape index (κ1) is 13.2. The van der Waals surface area contributed by atoms with Gasteiger partial charge in [0.25, 0.3) is 0 Å². The van der Waals surface area contributed by atoms with Crippen LogP contribution < -0.4 is 15.1 Å². The first-order chi connectivity index (χ1) is 9.58. The van der Waals surface area contributed by atoms with Crippen molar-refractivity contribution in [2.45, 2.75) is 25.9 Å². The molecule has 5 heteroatoms. The molecule has 0 aromatic heterocycles. The van der Waals surface area contributed by atoms with Crippen LogP contribution in [-0.2, 0) is 0 Å². The van der Waals surface area contributed by atoms with Crippen molar-refractivity contribution in [3.63, 3.8) is 0 Å². The first-order valence-electron chi connectivity index (χ1n) is 7.19. The second kappa shape index (κ2) is 4.98. The van der Waals surface area contributed by atoms with E-state index in [1.165, 1.54) is 5.69 Å². The van der Waals surface area contributed by atoms with E-state index in [0.717, 1.165) is 31.9 Å². The van der Waals surface area contributed by atoms with E-state index in [-0.39, 0.29) is 0 Å². The van der Waals surface area contributed by atoms with Gasteiger partial charge in [-0.2, -0.15) is 0 Å². The summed E-state index contributed by atoms with van der Waals surface area (Å²) in [6.07, 6.45) is 0. The molecular weight excluding hydrogens is 254 g/mol. The number of fused-ring (bicyclic) bond motifs is 3. The number of hydrogen-bond acceptors (Lipinski definition) is 4. The van der Waals surface area contributed by atoms with Gasteiger partial charge >= 0.3 is 5.97 Å². The summed E-state index contributed by atoms with van der Waals surface area (Å²) in [5, 5.41) is 12.6. The highest BCUT2D eigenvalue weighted by Crippen LogP contribution is 2.37. The fraction of sp³-hybridized carbons (Fsp3) is 0.533. The smallest absolute Gasteiger partial charge is 0.335 e. The Hall–Kier alpha value is -1.75. The molecule has 5 nitrogen and oxygen atoms in total. The van der Waals surface area contributed by atoms with Gasteiger partial charge in [-0.05, 0) is 32.0 Å². The molecule has 3 rings (SSSR count). The molecule has 20 heavy (non-hydrogen) atoms. The van der Waals surface area contributed by atoms with Crippen molar-refractivity contribution in [3.05, 3.63) is 23.8 Å². The van der Waals surface area contributed by atoms with Crippen molar-refractivity contribution in [1.29, 1.82) is 0 Å². The Morgan fingerprint density at radius 3 is 2.90 bits per heavy atom. The van der Waals surface area contributed by atoms with Crippen LogP contribution in [0.5, 0.6) is 0 Å². The van der Waals surface area contributed by atoms with Crippen LogP contribution in [0.15, 0.2) is 18.2 Å². The average molecular weight is 275 g/mol. The number of rotatable bonds is 2. The van der Waals surface area contributed by atoms with Crippen LogP contribution in [0.1, 0.15) is 24.2 Å². The van der Waals surface area contributed by atoms with Crippen LogP contribution in [0, 0.1) is 0 Å². The summed E-state index contributed by atoms with van der Waals surface area (Å²) in [7, 11) is 0. The summed E-state index contributed by atoms with van der Waals surface area (Å²) in [6.45, 7) is 8.21. The summed E-state index contributed by atoms with van der Waals surface area (Å²) < 4.78 is 0. The lowest BCUT2D eigenvalue weighted by Gasteiger charge is -2.48. The van der Waals surface area contributed by atoms with E-state index in [4.69, 9.17) is 0 Å². The lowest BCUT2D eigenvalue weighted by Crippen LogP contribution is -2.59. The molecule has 1 aromatic carbocycles. The van der Waals surface area contributed by atoms with Gasteiger partial charge in [0.05, 0.1) is 23.0 Å². The highest BCUT2D eigenvalue weighted by molar-refractivity contribution is 5.91. The van der Waals surface area contributed by atoms with Crippen molar-refractivity contribution in [3.8, 4) is 0 Å². The minimum absolute atomic E-state index is 0.363. The van der Waals surface area contributed by atoms with Crippen LogP contribution in [0.2, 0.25) is 0 Å². The van der Waals surface area contributed by atoms with Gasteiger partial charge in [-0.3, -0.25) is 0 Å². The van der Waals surface area contributed by atoms with Gasteiger partial charge in [-0.1, -0.05) is 0 Å². The molecule has 2 aliphatic rings. The quantitative estimate of drug-likeness (QED) is 0.854. The van der Waals surface area contributed by atoms with E-state index in [0.29, 0.717) is 17.6 Å². The predicted molar refractivity (Wildman–Crippen MR) is 79.9 cm³/mol. The molecule has 0 radical (unpaired) electrons. The molecule has 1 atom stereocenters. The van der Waals surface area contributed by atoms with Gasteiger partial charge < -0.3 is 20.2 Å². The topological polar surface area (TPSA) is 55.8 Å². The molecule has 108 valence electrons. The molecule has 1 unspecified atom stereocenters. The number of benzene rings is 1. The second-order valence-corrected chi connectivity index (χ2v) is 5.81. The maximum Gasteiger partial charge on any atom is 0.335 e. The minimum atomic E-state index is -0.862. The standard InChI is InChI=1S/C15H21N3O2/c1-10(2)18-9-12-8-16-5-6-17(12)13-4-3-11(15(19)20)7-14(13)18/h3-4,7,10,12,16H,5-6,8-9H2,1-2H3,(H,19,20). The number of nitrogens with one attached hydrogen (secondary N) is 1. The van der Waals surface area contributed by atoms with E-state index >= 15 is 0 Å². The minimum Gasteiger partial charge on any atom is -0.478 e. The Balaban J connectivity index is 2.07. The zero-order chi connectivity index (χ0) is 14.3. The van der Waals surface area contributed by atoms with Gasteiger partial charge in [0.2, 0.25) is 0 Å². The summed E-state index contributed by atoms with van der Waals surface area (Å²) in [5.74, 6) is -0.862. The number of anilines is 2. The summed E-state index contributed by atoms with van der Waals surface area (Å²) >= 11 is 0. The highest BCUT2D eigenvalue weighted by Gasteiger charge is 2.33. The largest absolute Gasteiger partial charge is 0.478 e. The molecule has 0 amide bonds. The molecule has 2 aliphatic heterocycles. The SMILES string of the molecule is CC(C)N1CC2CNCCN2c2ccc(C(=O)O)cc21. The molecule has 0 aliphatic carbocycles. The van der Waals surface area contributed by atoms with Crippen LogP contribution in [0.3, 0.4) is 0 Å². The van der Waals surface area contributed by atoms with E-state index < -0.39 is 5.97 Å². The normalized spacial score (nSPS) is 21.6. The van der Waals surface area contributed by atoms with Gasteiger partial charge in [0.1, 0.15) is 0 Å². The third-order valence-electron chi connectivity index (χ3n) is 4.22. The Morgan fingerprint density at radius 1 is 1.40 bits per heavy atom. The maximum atomic E-state index is 11.2. The Labute approximate surface area is 119 Å². The van der Waals surface area contributed by atoms with Crippen LogP contribution in [-0.4, -0.2) is 49.3 Å². The fourth-order valence-corrected chi connectivity index (χ4v) is 3.18. The average Bonchev–Trinajstić information content (AvgIpc) is 2.45. The van der Waals surface area contributed by atoms with E-state index in [9.17, 15) is 9.90 Å². The predicted octanol–water partition coefficient (Wildman–Crippen LogP) is 1.39. The third kappa shape index (κ3) is 2.12. The molecule has 1 fully saturated rings. The first-order valence-corrected chi connectivity index (χ1v) is 7.19. The molecule has 1 aromatic rings. The number of nitrogens with zero attached hydrogens (tertiary/aromatic N) is 2. The van der Waals surface area contributed by atoms with Crippen molar-refractivity contribution in [1.82, 2.24) is 5.32 Å². The number of carboxylic acids is 1. The second-order valence-electron chi connectivity index (χ2n) is 5.81. The van der Waals surface area contributed by atoms with Gasteiger partial charge in [0, 0.05) is 32.2 Å².